The fourth-order valence-corrected chi connectivity index (χ4v) is 2.02. The molecule has 1 aliphatic carbocycles. The number of carbonyl (C=O) groups excluding carboxylic acids is 1. The molecule has 1 unspecified atom stereocenters. The van der Waals surface area contributed by atoms with E-state index in [4.69, 9.17) is 11.5 Å². The third-order valence-corrected chi connectivity index (χ3v) is 3.06. The second-order valence-corrected chi connectivity index (χ2v) is 4.14. The minimum absolute atomic E-state index is 0.0440. The summed E-state index contributed by atoms with van der Waals surface area (Å²) in [4.78, 5) is 10.7. The summed E-state index contributed by atoms with van der Waals surface area (Å²) in [6.07, 6.45) is 5.09. The van der Waals surface area contributed by atoms with Gasteiger partial charge in [0.2, 0.25) is 5.91 Å². The van der Waals surface area contributed by atoms with Crippen LogP contribution in [0.15, 0.2) is 0 Å². The first-order valence-electron chi connectivity index (χ1n) is 4.58. The molecule has 70 valence electrons. The maximum atomic E-state index is 10.7. The maximum absolute atomic E-state index is 10.7. The fraction of sp³-hybridized carbons (Fsp3) is 0.889. The quantitative estimate of drug-likeness (QED) is 0.656. The van der Waals surface area contributed by atoms with E-state index < -0.39 is 0 Å². The zero-order chi connectivity index (χ0) is 9.19. The summed E-state index contributed by atoms with van der Waals surface area (Å²) < 4.78 is 0. The van der Waals surface area contributed by atoms with Gasteiger partial charge in [-0.1, -0.05) is 19.8 Å². The predicted molar refractivity (Wildman–Crippen MR) is 48.4 cm³/mol. The Balaban J connectivity index is 2.49. The molecule has 1 saturated carbocycles. The molecule has 1 rings (SSSR count). The minimum atomic E-state index is -0.282. The highest BCUT2D eigenvalue weighted by atomic mass is 16.1. The molecule has 1 aliphatic rings. The largest absolute Gasteiger partial charge is 0.370 e. The molecule has 0 saturated heterocycles. The summed E-state index contributed by atoms with van der Waals surface area (Å²) in [6.45, 7) is 2.16. The van der Waals surface area contributed by atoms with E-state index in [-0.39, 0.29) is 17.4 Å². The highest BCUT2D eigenvalue weighted by molar-refractivity contribution is 5.74. The van der Waals surface area contributed by atoms with Crippen molar-refractivity contribution in [2.24, 2.45) is 16.9 Å². The van der Waals surface area contributed by atoms with Gasteiger partial charge in [-0.05, 0) is 18.3 Å². The van der Waals surface area contributed by atoms with E-state index in [1.165, 1.54) is 12.8 Å². The summed E-state index contributed by atoms with van der Waals surface area (Å²) >= 11 is 0. The van der Waals surface area contributed by atoms with Crippen molar-refractivity contribution in [3.05, 3.63) is 0 Å². The highest BCUT2D eigenvalue weighted by Gasteiger charge is 2.35. The van der Waals surface area contributed by atoms with Crippen LogP contribution in [0.25, 0.3) is 0 Å². The smallest absolute Gasteiger partial charge is 0.218 e. The molecule has 0 bridgehead atoms. The van der Waals surface area contributed by atoms with Crippen LogP contribution >= 0.6 is 0 Å². The molecule has 12 heavy (non-hydrogen) atoms. The normalized spacial score (nSPS) is 23.8. The molecule has 1 atom stereocenters. The van der Waals surface area contributed by atoms with Crippen LogP contribution < -0.4 is 11.5 Å². The second kappa shape index (κ2) is 3.44. The van der Waals surface area contributed by atoms with Crippen LogP contribution in [-0.2, 0) is 4.79 Å². The van der Waals surface area contributed by atoms with Crippen molar-refractivity contribution in [1.82, 2.24) is 0 Å². The summed E-state index contributed by atoms with van der Waals surface area (Å²) in [6, 6.07) is -0.0440. The Labute approximate surface area is 73.5 Å². The Morgan fingerprint density at radius 2 is 2.00 bits per heavy atom. The Morgan fingerprint density at radius 3 is 2.42 bits per heavy atom. The fourth-order valence-electron chi connectivity index (χ4n) is 2.02. The van der Waals surface area contributed by atoms with Crippen LogP contribution in [-0.4, -0.2) is 11.9 Å². The lowest BCUT2D eigenvalue weighted by atomic mass is 9.79. The lowest BCUT2D eigenvalue weighted by Crippen LogP contribution is -2.40. The molecule has 0 aliphatic heterocycles. The average Bonchev–Trinajstić information content (AvgIpc) is 2.36. The van der Waals surface area contributed by atoms with Crippen molar-refractivity contribution in [1.29, 1.82) is 0 Å². The molecular weight excluding hydrogens is 152 g/mol. The molecule has 0 aromatic rings. The summed E-state index contributed by atoms with van der Waals surface area (Å²) in [5.41, 5.74) is 11.2. The first kappa shape index (κ1) is 9.52. The zero-order valence-electron chi connectivity index (χ0n) is 7.68. The standard InChI is InChI=1S/C9H18N2O/c1-9(4-2-3-5-9)7(10)6-8(11)12/h7H,2-6,10H2,1H3,(H2,11,12). The zero-order valence-corrected chi connectivity index (χ0v) is 7.68. The molecule has 3 nitrogen and oxygen atoms in total. The van der Waals surface area contributed by atoms with Gasteiger partial charge in [0.25, 0.3) is 0 Å². The van der Waals surface area contributed by atoms with E-state index in [0.717, 1.165) is 12.8 Å². The van der Waals surface area contributed by atoms with Gasteiger partial charge in [0.15, 0.2) is 0 Å². The number of hydrogen-bond donors (Lipinski definition) is 2. The van der Waals surface area contributed by atoms with E-state index in [2.05, 4.69) is 6.92 Å². The molecule has 0 aromatic carbocycles. The number of nitrogens with two attached hydrogens (primary N) is 2. The third kappa shape index (κ3) is 1.97. The summed E-state index contributed by atoms with van der Waals surface area (Å²) in [5, 5.41) is 0. The van der Waals surface area contributed by atoms with Gasteiger partial charge < -0.3 is 11.5 Å². The number of primary amides is 1. The van der Waals surface area contributed by atoms with Gasteiger partial charge in [0.05, 0.1) is 0 Å². The Hall–Kier alpha value is -0.570. The van der Waals surface area contributed by atoms with Gasteiger partial charge in [-0.15, -0.1) is 0 Å². The summed E-state index contributed by atoms with van der Waals surface area (Å²) in [7, 11) is 0. The Kier molecular flexibility index (Phi) is 2.73. The molecule has 0 spiro atoms. The lowest BCUT2D eigenvalue weighted by Gasteiger charge is -2.30. The van der Waals surface area contributed by atoms with Gasteiger partial charge in [0.1, 0.15) is 0 Å². The molecule has 0 aromatic heterocycles. The molecule has 3 heteroatoms. The number of hydrogen-bond acceptors (Lipinski definition) is 2. The van der Waals surface area contributed by atoms with Gasteiger partial charge >= 0.3 is 0 Å². The number of rotatable bonds is 3. The van der Waals surface area contributed by atoms with Crippen molar-refractivity contribution in [2.75, 3.05) is 0 Å². The van der Waals surface area contributed by atoms with Crippen LogP contribution in [0.3, 0.4) is 0 Å². The number of amides is 1. The lowest BCUT2D eigenvalue weighted by molar-refractivity contribution is -0.118. The predicted octanol–water partition coefficient (Wildman–Crippen LogP) is 0.769. The van der Waals surface area contributed by atoms with Crippen molar-refractivity contribution in [2.45, 2.75) is 45.1 Å². The van der Waals surface area contributed by atoms with Crippen LogP contribution in [0.2, 0.25) is 0 Å². The maximum Gasteiger partial charge on any atom is 0.218 e. The van der Waals surface area contributed by atoms with Crippen LogP contribution in [0.4, 0.5) is 0 Å². The third-order valence-electron chi connectivity index (χ3n) is 3.06. The van der Waals surface area contributed by atoms with Crippen molar-refractivity contribution >= 4 is 5.91 Å². The van der Waals surface area contributed by atoms with Crippen LogP contribution in [0.5, 0.6) is 0 Å². The summed E-state index contributed by atoms with van der Waals surface area (Å²) in [5.74, 6) is -0.282. The average molecular weight is 170 g/mol. The van der Waals surface area contributed by atoms with Crippen LogP contribution in [0, 0.1) is 5.41 Å². The molecular formula is C9H18N2O. The first-order valence-corrected chi connectivity index (χ1v) is 4.58. The van der Waals surface area contributed by atoms with E-state index in [9.17, 15) is 4.79 Å². The van der Waals surface area contributed by atoms with E-state index in [1.54, 1.807) is 0 Å². The van der Waals surface area contributed by atoms with Gasteiger partial charge in [-0.25, -0.2) is 0 Å². The second-order valence-electron chi connectivity index (χ2n) is 4.14. The highest BCUT2D eigenvalue weighted by Crippen LogP contribution is 2.40. The first-order chi connectivity index (χ1) is 5.54. The molecule has 0 radical (unpaired) electrons. The van der Waals surface area contributed by atoms with Crippen LogP contribution in [0.1, 0.15) is 39.0 Å². The SMILES string of the molecule is CC1(C(N)CC(N)=O)CCCC1. The van der Waals surface area contributed by atoms with Gasteiger partial charge in [-0.2, -0.15) is 0 Å². The minimum Gasteiger partial charge on any atom is -0.370 e. The topological polar surface area (TPSA) is 69.1 Å². The Morgan fingerprint density at radius 1 is 1.50 bits per heavy atom. The van der Waals surface area contributed by atoms with Crippen molar-refractivity contribution in [3.8, 4) is 0 Å². The van der Waals surface area contributed by atoms with Crippen molar-refractivity contribution in [3.63, 3.8) is 0 Å². The monoisotopic (exact) mass is 170 g/mol. The van der Waals surface area contributed by atoms with Gasteiger partial charge in [0, 0.05) is 12.5 Å². The molecule has 1 fully saturated rings. The van der Waals surface area contributed by atoms with E-state index in [0.29, 0.717) is 6.42 Å². The van der Waals surface area contributed by atoms with Crippen molar-refractivity contribution < 1.29 is 4.79 Å². The number of carbonyl (C=O) groups is 1. The molecule has 0 heterocycles. The molecule has 1 amide bonds. The van der Waals surface area contributed by atoms with E-state index in [1.807, 2.05) is 0 Å². The van der Waals surface area contributed by atoms with Gasteiger partial charge in [-0.3, -0.25) is 4.79 Å². The van der Waals surface area contributed by atoms with E-state index >= 15 is 0 Å². The Bertz CT molecular complexity index is 173. The molecule has 4 N–H and O–H groups in total.